The van der Waals surface area contributed by atoms with E-state index in [1.165, 1.54) is 17.9 Å². The number of aromatic nitrogens is 4. The zero-order valence-corrected chi connectivity index (χ0v) is 11.7. The van der Waals surface area contributed by atoms with Crippen LogP contribution in [0.2, 0.25) is 0 Å². The van der Waals surface area contributed by atoms with Crippen LogP contribution in [-0.4, -0.2) is 26.9 Å². The van der Waals surface area contributed by atoms with Crippen LogP contribution in [0.3, 0.4) is 0 Å². The van der Waals surface area contributed by atoms with E-state index < -0.39 is 5.82 Å². The predicted molar refractivity (Wildman–Crippen MR) is 79.8 cm³/mol. The van der Waals surface area contributed by atoms with Gasteiger partial charge in [0.05, 0.1) is 12.8 Å². The van der Waals surface area contributed by atoms with E-state index in [0.717, 1.165) is 0 Å². The summed E-state index contributed by atoms with van der Waals surface area (Å²) in [6.45, 7) is 0. The monoisotopic (exact) mass is 300 g/mol. The second-order valence-electron chi connectivity index (χ2n) is 4.34. The number of pyridine rings is 1. The van der Waals surface area contributed by atoms with Crippen LogP contribution in [0.25, 0.3) is 5.82 Å². The Morgan fingerprint density at radius 3 is 2.82 bits per heavy atom. The highest BCUT2D eigenvalue weighted by Gasteiger charge is 2.13. The molecule has 112 valence electrons. The Balaban J connectivity index is 1.94. The zero-order chi connectivity index (χ0) is 15.5. The first-order valence-electron chi connectivity index (χ1n) is 6.42. The lowest BCUT2D eigenvalue weighted by molar-refractivity contribution is 0.388. The number of nitrogens with one attached hydrogen (secondary N) is 1. The molecule has 0 spiro atoms. The van der Waals surface area contributed by atoms with E-state index in [1.54, 1.807) is 30.5 Å². The molecule has 0 radical (unpaired) electrons. The zero-order valence-electron chi connectivity index (χ0n) is 11.7. The lowest BCUT2D eigenvalue weighted by Gasteiger charge is -2.08. The average Bonchev–Trinajstić information content (AvgIpc) is 2.89. The number of nitrogens with two attached hydrogens (primary N) is 1. The third-order valence-electron chi connectivity index (χ3n) is 2.92. The molecule has 22 heavy (non-hydrogen) atoms. The number of ether oxygens (including phenoxy) is 1. The molecule has 0 aliphatic carbocycles. The quantitative estimate of drug-likeness (QED) is 0.767. The molecule has 0 atom stereocenters. The van der Waals surface area contributed by atoms with E-state index in [2.05, 4.69) is 20.4 Å². The van der Waals surface area contributed by atoms with Crippen molar-refractivity contribution in [2.75, 3.05) is 18.2 Å². The number of nitrogen functional groups attached to an aromatic ring is 1. The maximum absolute atomic E-state index is 13.7. The average molecular weight is 300 g/mol. The van der Waals surface area contributed by atoms with E-state index in [4.69, 9.17) is 10.5 Å². The van der Waals surface area contributed by atoms with Gasteiger partial charge >= 0.3 is 0 Å². The molecule has 0 bridgehead atoms. The van der Waals surface area contributed by atoms with Crippen molar-refractivity contribution in [1.29, 1.82) is 0 Å². The van der Waals surface area contributed by atoms with Crippen LogP contribution in [0.1, 0.15) is 0 Å². The maximum Gasteiger partial charge on any atom is 0.249 e. The van der Waals surface area contributed by atoms with E-state index in [9.17, 15) is 4.39 Å². The summed E-state index contributed by atoms with van der Waals surface area (Å²) in [7, 11) is 1.39. The van der Waals surface area contributed by atoms with Crippen LogP contribution < -0.4 is 15.8 Å². The maximum atomic E-state index is 13.7. The van der Waals surface area contributed by atoms with Gasteiger partial charge in [-0.2, -0.15) is 9.67 Å². The van der Waals surface area contributed by atoms with Crippen LogP contribution in [0, 0.1) is 5.82 Å². The first-order chi connectivity index (χ1) is 10.7. The van der Waals surface area contributed by atoms with Crippen molar-refractivity contribution in [2.24, 2.45) is 0 Å². The Kier molecular flexibility index (Phi) is 3.57. The lowest BCUT2D eigenvalue weighted by Crippen LogP contribution is -2.04. The van der Waals surface area contributed by atoms with Gasteiger partial charge in [-0.05, 0) is 24.3 Å². The summed E-state index contributed by atoms with van der Waals surface area (Å²) in [5.41, 5.74) is 6.23. The standard InChI is InChI=1S/C14H13FN6O/c1-22-12-9(15)5-4-6-10(12)18-14-19-13(16)21(20-14)11-7-2-3-8-17-11/h2-8H,1H3,(H3,16,18,19,20). The normalized spacial score (nSPS) is 10.5. The highest BCUT2D eigenvalue weighted by Crippen LogP contribution is 2.29. The van der Waals surface area contributed by atoms with E-state index >= 15 is 0 Å². The fourth-order valence-electron chi connectivity index (χ4n) is 1.96. The Labute approximate surface area is 125 Å². The van der Waals surface area contributed by atoms with Crippen molar-refractivity contribution < 1.29 is 9.13 Å². The molecule has 1 aromatic carbocycles. The summed E-state index contributed by atoms with van der Waals surface area (Å²) < 4.78 is 20.1. The van der Waals surface area contributed by atoms with Crippen LogP contribution >= 0.6 is 0 Å². The van der Waals surface area contributed by atoms with Gasteiger partial charge in [0.15, 0.2) is 17.4 Å². The second kappa shape index (κ2) is 5.68. The molecule has 0 saturated heterocycles. The molecule has 0 aliphatic heterocycles. The Hall–Kier alpha value is -3.16. The third-order valence-corrected chi connectivity index (χ3v) is 2.92. The van der Waals surface area contributed by atoms with Crippen molar-refractivity contribution in [3.63, 3.8) is 0 Å². The number of nitrogens with zero attached hydrogens (tertiary/aromatic N) is 4. The van der Waals surface area contributed by atoms with Crippen LogP contribution in [0.4, 0.5) is 22.0 Å². The van der Waals surface area contributed by atoms with Crippen molar-refractivity contribution in [3.05, 3.63) is 48.4 Å². The van der Waals surface area contributed by atoms with E-state index in [0.29, 0.717) is 11.5 Å². The first-order valence-corrected chi connectivity index (χ1v) is 6.42. The van der Waals surface area contributed by atoms with Crippen molar-refractivity contribution in [2.45, 2.75) is 0 Å². The molecule has 2 heterocycles. The van der Waals surface area contributed by atoms with Crippen LogP contribution in [-0.2, 0) is 0 Å². The van der Waals surface area contributed by atoms with Gasteiger partial charge in [0.25, 0.3) is 0 Å². The fraction of sp³-hybridized carbons (Fsp3) is 0.0714. The van der Waals surface area contributed by atoms with E-state index in [1.807, 2.05) is 6.07 Å². The minimum Gasteiger partial charge on any atom is -0.492 e. The first kappa shape index (κ1) is 13.8. The number of rotatable bonds is 4. The molecule has 3 rings (SSSR count). The number of methoxy groups -OCH3 is 1. The number of hydrogen-bond acceptors (Lipinski definition) is 6. The smallest absolute Gasteiger partial charge is 0.249 e. The number of benzene rings is 1. The summed E-state index contributed by atoms with van der Waals surface area (Å²) in [6.07, 6.45) is 1.62. The molecule has 0 unspecified atom stereocenters. The van der Waals surface area contributed by atoms with Crippen molar-refractivity contribution in [1.82, 2.24) is 19.7 Å². The molecule has 2 aromatic heterocycles. The number of para-hydroxylation sites is 1. The fourth-order valence-corrected chi connectivity index (χ4v) is 1.96. The summed E-state index contributed by atoms with van der Waals surface area (Å²) >= 11 is 0. The molecule has 0 fully saturated rings. The van der Waals surface area contributed by atoms with Crippen molar-refractivity contribution in [3.8, 4) is 11.6 Å². The topological polar surface area (TPSA) is 90.9 Å². The SMILES string of the molecule is COc1c(F)cccc1Nc1nc(N)n(-c2ccccn2)n1. The van der Waals surface area contributed by atoms with Gasteiger partial charge in [-0.15, -0.1) is 5.10 Å². The van der Waals surface area contributed by atoms with Crippen molar-refractivity contribution >= 4 is 17.6 Å². The Morgan fingerprint density at radius 1 is 1.23 bits per heavy atom. The summed E-state index contributed by atoms with van der Waals surface area (Å²) in [5.74, 6) is 0.510. The molecular formula is C14H13FN6O. The van der Waals surface area contributed by atoms with Gasteiger partial charge in [0, 0.05) is 6.20 Å². The predicted octanol–water partition coefficient (Wildman–Crippen LogP) is 2.14. The van der Waals surface area contributed by atoms with Gasteiger partial charge in [-0.3, -0.25) is 0 Å². The summed E-state index contributed by atoms with van der Waals surface area (Å²) in [6, 6.07) is 9.86. The molecule has 3 N–H and O–H groups in total. The highest BCUT2D eigenvalue weighted by atomic mass is 19.1. The highest BCUT2D eigenvalue weighted by molar-refractivity contribution is 5.63. The van der Waals surface area contributed by atoms with Crippen LogP contribution in [0.5, 0.6) is 5.75 Å². The molecule has 8 heteroatoms. The van der Waals surface area contributed by atoms with E-state index in [-0.39, 0.29) is 17.6 Å². The minimum atomic E-state index is -0.482. The third kappa shape index (κ3) is 2.53. The van der Waals surface area contributed by atoms with Gasteiger partial charge in [-0.1, -0.05) is 12.1 Å². The second-order valence-corrected chi connectivity index (χ2v) is 4.34. The number of hydrogen-bond donors (Lipinski definition) is 2. The summed E-state index contributed by atoms with van der Waals surface area (Å²) in [5, 5.41) is 7.09. The molecule has 7 nitrogen and oxygen atoms in total. The van der Waals surface area contributed by atoms with Crippen LogP contribution in [0.15, 0.2) is 42.6 Å². The Morgan fingerprint density at radius 2 is 2.09 bits per heavy atom. The van der Waals surface area contributed by atoms with Gasteiger partial charge in [-0.25, -0.2) is 9.37 Å². The molecular weight excluding hydrogens is 287 g/mol. The number of halogens is 1. The van der Waals surface area contributed by atoms with Gasteiger partial charge in [0.2, 0.25) is 11.9 Å². The lowest BCUT2D eigenvalue weighted by atomic mass is 10.3. The number of anilines is 3. The largest absolute Gasteiger partial charge is 0.492 e. The molecule has 0 saturated carbocycles. The molecule has 0 amide bonds. The molecule has 3 aromatic rings. The minimum absolute atomic E-state index is 0.0789. The van der Waals surface area contributed by atoms with Gasteiger partial charge in [0.1, 0.15) is 0 Å². The molecule has 0 aliphatic rings. The van der Waals surface area contributed by atoms with Gasteiger partial charge < -0.3 is 15.8 Å². The Bertz CT molecular complexity index is 789. The summed E-state index contributed by atoms with van der Waals surface area (Å²) in [4.78, 5) is 8.23.